The number of nitrogens with one attached hydrogen (secondary N) is 2. The Morgan fingerprint density at radius 2 is 1.53 bits per heavy atom. The second-order valence-electron chi connectivity index (χ2n) is 7.19. The SMILES string of the molecule is CC(Cc1ccsc1)NC(=O)C(Cc1ccccc1)NC(=O)OCc1ccccc1. The van der Waals surface area contributed by atoms with E-state index in [1.165, 1.54) is 5.56 Å². The summed E-state index contributed by atoms with van der Waals surface area (Å²) in [5.41, 5.74) is 3.04. The molecule has 1 aromatic heterocycles. The summed E-state index contributed by atoms with van der Waals surface area (Å²) in [7, 11) is 0. The normalized spacial score (nSPS) is 12.6. The minimum atomic E-state index is -0.722. The van der Waals surface area contributed by atoms with Crippen LogP contribution in [0.2, 0.25) is 0 Å². The van der Waals surface area contributed by atoms with Crippen molar-refractivity contribution in [3.05, 3.63) is 94.2 Å². The Kier molecular flexibility index (Phi) is 8.03. The molecule has 0 saturated heterocycles. The Bertz CT molecular complexity index is 914. The fourth-order valence-electron chi connectivity index (χ4n) is 3.12. The molecule has 2 N–H and O–H groups in total. The monoisotopic (exact) mass is 422 g/mol. The molecule has 3 rings (SSSR count). The van der Waals surface area contributed by atoms with Gasteiger partial charge in [-0.1, -0.05) is 60.7 Å². The second-order valence-corrected chi connectivity index (χ2v) is 7.97. The Morgan fingerprint density at radius 1 is 0.867 bits per heavy atom. The molecule has 0 aliphatic rings. The smallest absolute Gasteiger partial charge is 0.408 e. The minimum absolute atomic E-state index is 0.0486. The first-order chi connectivity index (χ1) is 14.6. The van der Waals surface area contributed by atoms with Crippen molar-refractivity contribution < 1.29 is 14.3 Å². The number of ether oxygens (including phenoxy) is 1. The van der Waals surface area contributed by atoms with Crippen LogP contribution in [0.25, 0.3) is 0 Å². The number of benzene rings is 2. The van der Waals surface area contributed by atoms with Gasteiger partial charge in [0.2, 0.25) is 5.91 Å². The van der Waals surface area contributed by atoms with Gasteiger partial charge in [-0.2, -0.15) is 11.3 Å². The van der Waals surface area contributed by atoms with E-state index in [-0.39, 0.29) is 18.6 Å². The molecule has 2 atom stereocenters. The van der Waals surface area contributed by atoms with Crippen LogP contribution in [0.1, 0.15) is 23.6 Å². The van der Waals surface area contributed by atoms with Crippen LogP contribution in [0.3, 0.4) is 0 Å². The van der Waals surface area contributed by atoms with Crippen molar-refractivity contribution in [2.45, 2.75) is 38.5 Å². The zero-order chi connectivity index (χ0) is 21.2. The lowest BCUT2D eigenvalue weighted by atomic mass is 10.0. The summed E-state index contributed by atoms with van der Waals surface area (Å²) in [5.74, 6) is -0.224. The maximum Gasteiger partial charge on any atom is 0.408 e. The van der Waals surface area contributed by atoms with E-state index in [0.29, 0.717) is 6.42 Å². The van der Waals surface area contributed by atoms with Gasteiger partial charge in [-0.3, -0.25) is 4.79 Å². The highest BCUT2D eigenvalue weighted by atomic mass is 32.1. The fourth-order valence-corrected chi connectivity index (χ4v) is 3.80. The van der Waals surface area contributed by atoms with Crippen molar-refractivity contribution >= 4 is 23.3 Å². The van der Waals surface area contributed by atoms with Crippen molar-refractivity contribution in [3.8, 4) is 0 Å². The van der Waals surface area contributed by atoms with E-state index in [2.05, 4.69) is 16.0 Å². The van der Waals surface area contributed by atoms with Crippen LogP contribution in [-0.2, 0) is 29.0 Å². The molecule has 5 nitrogen and oxygen atoms in total. The molecule has 0 radical (unpaired) electrons. The highest BCUT2D eigenvalue weighted by molar-refractivity contribution is 7.07. The van der Waals surface area contributed by atoms with Crippen LogP contribution >= 0.6 is 11.3 Å². The lowest BCUT2D eigenvalue weighted by molar-refractivity contribution is -0.123. The van der Waals surface area contributed by atoms with Gasteiger partial charge in [0.25, 0.3) is 0 Å². The lowest BCUT2D eigenvalue weighted by Gasteiger charge is -2.21. The van der Waals surface area contributed by atoms with Crippen LogP contribution in [-0.4, -0.2) is 24.1 Å². The van der Waals surface area contributed by atoms with Gasteiger partial charge in [-0.15, -0.1) is 0 Å². The van der Waals surface area contributed by atoms with Gasteiger partial charge < -0.3 is 15.4 Å². The number of rotatable bonds is 9. The number of hydrogen-bond donors (Lipinski definition) is 2. The molecule has 1 heterocycles. The molecule has 2 aromatic carbocycles. The number of carbonyl (C=O) groups is 2. The van der Waals surface area contributed by atoms with Crippen LogP contribution < -0.4 is 10.6 Å². The molecule has 0 aliphatic heterocycles. The Hall–Kier alpha value is -3.12. The maximum atomic E-state index is 12.9. The summed E-state index contributed by atoms with van der Waals surface area (Å²) in [6.07, 6.45) is 0.518. The average molecular weight is 423 g/mol. The third-order valence-electron chi connectivity index (χ3n) is 4.61. The number of amides is 2. The third kappa shape index (κ3) is 7.04. The molecule has 2 unspecified atom stereocenters. The summed E-state index contributed by atoms with van der Waals surface area (Å²) < 4.78 is 5.31. The highest BCUT2D eigenvalue weighted by Crippen LogP contribution is 2.10. The molecular formula is C24H26N2O3S. The molecule has 0 aliphatic carbocycles. The standard InChI is InChI=1S/C24H26N2O3S/c1-18(14-21-12-13-30-17-21)25-23(27)22(15-19-8-4-2-5-9-19)26-24(28)29-16-20-10-6-3-7-11-20/h2-13,17-18,22H,14-16H2,1H3,(H,25,27)(H,26,28). The largest absolute Gasteiger partial charge is 0.445 e. The quantitative estimate of drug-likeness (QED) is 0.539. The lowest BCUT2D eigenvalue weighted by Crippen LogP contribution is -2.50. The van der Waals surface area contributed by atoms with Crippen molar-refractivity contribution in [1.82, 2.24) is 10.6 Å². The van der Waals surface area contributed by atoms with Gasteiger partial charge in [0.15, 0.2) is 0 Å². The molecular weight excluding hydrogens is 396 g/mol. The summed E-state index contributed by atoms with van der Waals surface area (Å²) in [4.78, 5) is 25.3. The Morgan fingerprint density at radius 3 is 2.17 bits per heavy atom. The number of thiophene rings is 1. The number of carbonyl (C=O) groups excluding carboxylic acids is 2. The third-order valence-corrected chi connectivity index (χ3v) is 5.35. The molecule has 0 bridgehead atoms. The van der Waals surface area contributed by atoms with E-state index in [1.807, 2.05) is 79.0 Å². The van der Waals surface area contributed by atoms with Crippen molar-refractivity contribution in [2.75, 3.05) is 0 Å². The first-order valence-electron chi connectivity index (χ1n) is 9.93. The summed E-state index contributed by atoms with van der Waals surface area (Å²) in [6.45, 7) is 2.11. The molecule has 30 heavy (non-hydrogen) atoms. The first-order valence-corrected chi connectivity index (χ1v) is 10.9. The molecule has 0 fully saturated rings. The van der Waals surface area contributed by atoms with Crippen LogP contribution in [0.5, 0.6) is 0 Å². The zero-order valence-corrected chi connectivity index (χ0v) is 17.7. The zero-order valence-electron chi connectivity index (χ0n) is 16.9. The van der Waals surface area contributed by atoms with Crippen molar-refractivity contribution in [1.29, 1.82) is 0 Å². The number of hydrogen-bond acceptors (Lipinski definition) is 4. The number of alkyl carbamates (subject to hydrolysis) is 1. The van der Waals surface area contributed by atoms with Crippen molar-refractivity contribution in [2.24, 2.45) is 0 Å². The van der Waals surface area contributed by atoms with Gasteiger partial charge >= 0.3 is 6.09 Å². The molecule has 0 saturated carbocycles. The molecule has 3 aromatic rings. The van der Waals surface area contributed by atoms with Crippen LogP contribution in [0, 0.1) is 0 Å². The van der Waals surface area contributed by atoms with Gasteiger partial charge in [0, 0.05) is 12.5 Å². The molecule has 0 spiro atoms. The maximum absolute atomic E-state index is 12.9. The Balaban J connectivity index is 1.60. The average Bonchev–Trinajstić information content (AvgIpc) is 3.26. The van der Waals surface area contributed by atoms with Crippen LogP contribution in [0.15, 0.2) is 77.5 Å². The topological polar surface area (TPSA) is 67.4 Å². The van der Waals surface area contributed by atoms with E-state index in [1.54, 1.807) is 11.3 Å². The summed E-state index contributed by atoms with van der Waals surface area (Å²) >= 11 is 1.63. The van der Waals surface area contributed by atoms with Gasteiger partial charge in [-0.25, -0.2) is 4.79 Å². The van der Waals surface area contributed by atoms with Gasteiger partial charge in [-0.05, 0) is 46.9 Å². The minimum Gasteiger partial charge on any atom is -0.445 e. The first kappa shape index (κ1) is 21.6. The van der Waals surface area contributed by atoms with E-state index in [4.69, 9.17) is 4.74 Å². The highest BCUT2D eigenvalue weighted by Gasteiger charge is 2.23. The van der Waals surface area contributed by atoms with E-state index in [9.17, 15) is 9.59 Å². The van der Waals surface area contributed by atoms with Crippen LogP contribution in [0.4, 0.5) is 4.79 Å². The summed E-state index contributed by atoms with van der Waals surface area (Å²) in [6, 6.07) is 20.3. The second kappa shape index (κ2) is 11.2. The molecule has 6 heteroatoms. The van der Waals surface area contributed by atoms with Gasteiger partial charge in [0.1, 0.15) is 12.6 Å². The Labute approximate surface area is 181 Å². The van der Waals surface area contributed by atoms with E-state index < -0.39 is 12.1 Å². The van der Waals surface area contributed by atoms with Gasteiger partial charge in [0.05, 0.1) is 0 Å². The summed E-state index contributed by atoms with van der Waals surface area (Å²) in [5, 5.41) is 9.83. The van der Waals surface area contributed by atoms with E-state index in [0.717, 1.165) is 17.5 Å². The predicted molar refractivity (Wildman–Crippen MR) is 119 cm³/mol. The predicted octanol–water partition coefficient (Wildman–Crippen LogP) is 4.33. The van der Waals surface area contributed by atoms with E-state index >= 15 is 0 Å². The fraction of sp³-hybridized carbons (Fsp3) is 0.250. The molecule has 156 valence electrons. The molecule has 2 amide bonds. The van der Waals surface area contributed by atoms with Crippen molar-refractivity contribution in [3.63, 3.8) is 0 Å².